The Morgan fingerprint density at radius 2 is 1.95 bits per heavy atom. The highest BCUT2D eigenvalue weighted by Crippen LogP contribution is 2.43. The lowest BCUT2D eigenvalue weighted by Crippen LogP contribution is -2.29. The van der Waals surface area contributed by atoms with Crippen LogP contribution in [0.15, 0.2) is 18.2 Å². The van der Waals surface area contributed by atoms with Crippen LogP contribution in [0.25, 0.3) is 0 Å². The van der Waals surface area contributed by atoms with E-state index in [1.807, 2.05) is 18.2 Å². The van der Waals surface area contributed by atoms with E-state index in [2.05, 4.69) is 6.92 Å². The molecule has 0 aliphatic heterocycles. The standard InChI is InChI=1S/C17H24O4/c1-4-11-5-7-13(17(18)19)14(9-11)12-6-8-15(20-2)16(10-12)21-3/h6,8,10-11,13-14H,4-5,7,9H2,1-3H3,(H,18,19). The van der Waals surface area contributed by atoms with Crippen molar-refractivity contribution < 1.29 is 19.4 Å². The molecule has 21 heavy (non-hydrogen) atoms. The van der Waals surface area contributed by atoms with Crippen molar-refractivity contribution in [1.29, 1.82) is 0 Å². The highest BCUT2D eigenvalue weighted by molar-refractivity contribution is 5.71. The van der Waals surface area contributed by atoms with Crippen LogP contribution in [0.3, 0.4) is 0 Å². The number of ether oxygens (including phenoxy) is 2. The molecule has 4 heteroatoms. The minimum absolute atomic E-state index is 0.0565. The second-order valence-corrected chi connectivity index (χ2v) is 5.75. The number of carboxylic acids is 1. The molecular formula is C17H24O4. The fourth-order valence-corrected chi connectivity index (χ4v) is 3.38. The lowest BCUT2D eigenvalue weighted by atomic mass is 9.70. The van der Waals surface area contributed by atoms with Crippen molar-refractivity contribution in [3.05, 3.63) is 23.8 Å². The maximum atomic E-state index is 11.6. The van der Waals surface area contributed by atoms with Gasteiger partial charge in [-0.15, -0.1) is 0 Å². The van der Waals surface area contributed by atoms with Gasteiger partial charge in [-0.2, -0.15) is 0 Å². The second kappa shape index (κ2) is 6.83. The van der Waals surface area contributed by atoms with E-state index in [4.69, 9.17) is 9.47 Å². The third-order valence-corrected chi connectivity index (χ3v) is 4.69. The Kier molecular flexibility index (Phi) is 5.10. The SMILES string of the molecule is CCC1CCC(C(=O)O)C(c2ccc(OC)c(OC)c2)C1. The fourth-order valence-electron chi connectivity index (χ4n) is 3.38. The molecule has 1 aromatic carbocycles. The predicted octanol–water partition coefficient (Wildman–Crippen LogP) is 3.70. The molecule has 1 fully saturated rings. The average Bonchev–Trinajstić information content (AvgIpc) is 2.53. The Bertz CT molecular complexity index is 498. The quantitative estimate of drug-likeness (QED) is 0.899. The van der Waals surface area contributed by atoms with Crippen molar-refractivity contribution in [3.8, 4) is 11.5 Å². The normalized spacial score (nSPS) is 25.4. The third-order valence-electron chi connectivity index (χ3n) is 4.69. The summed E-state index contributed by atoms with van der Waals surface area (Å²) < 4.78 is 10.6. The molecule has 1 aliphatic carbocycles. The number of rotatable bonds is 5. The molecule has 1 saturated carbocycles. The Morgan fingerprint density at radius 3 is 2.52 bits per heavy atom. The number of methoxy groups -OCH3 is 2. The highest BCUT2D eigenvalue weighted by atomic mass is 16.5. The second-order valence-electron chi connectivity index (χ2n) is 5.75. The number of hydrogen-bond acceptors (Lipinski definition) is 3. The zero-order valence-corrected chi connectivity index (χ0v) is 13.0. The van der Waals surface area contributed by atoms with Crippen molar-refractivity contribution in [2.45, 2.75) is 38.5 Å². The molecule has 0 radical (unpaired) electrons. The van der Waals surface area contributed by atoms with Crippen molar-refractivity contribution in [2.75, 3.05) is 14.2 Å². The Hall–Kier alpha value is -1.71. The van der Waals surface area contributed by atoms with Crippen LogP contribution in [0.1, 0.15) is 44.1 Å². The molecule has 3 unspecified atom stereocenters. The summed E-state index contributed by atoms with van der Waals surface area (Å²) >= 11 is 0. The number of benzene rings is 1. The first kappa shape index (κ1) is 15.7. The van der Waals surface area contributed by atoms with Crippen molar-refractivity contribution in [1.82, 2.24) is 0 Å². The van der Waals surface area contributed by atoms with Gasteiger partial charge in [0.15, 0.2) is 11.5 Å². The van der Waals surface area contributed by atoms with Crippen LogP contribution in [0.5, 0.6) is 11.5 Å². The third kappa shape index (κ3) is 3.31. The zero-order valence-electron chi connectivity index (χ0n) is 13.0. The minimum Gasteiger partial charge on any atom is -0.493 e. The van der Waals surface area contributed by atoms with Gasteiger partial charge >= 0.3 is 5.97 Å². The minimum atomic E-state index is -0.690. The number of carbonyl (C=O) groups is 1. The summed E-state index contributed by atoms with van der Waals surface area (Å²) in [7, 11) is 3.21. The van der Waals surface area contributed by atoms with Crippen LogP contribution in [0.2, 0.25) is 0 Å². The largest absolute Gasteiger partial charge is 0.493 e. The molecule has 0 amide bonds. The smallest absolute Gasteiger partial charge is 0.307 e. The Balaban J connectivity index is 2.33. The number of carboxylic acid groups (broad SMARTS) is 1. The van der Waals surface area contributed by atoms with E-state index >= 15 is 0 Å². The van der Waals surface area contributed by atoms with E-state index in [0.717, 1.165) is 31.2 Å². The lowest BCUT2D eigenvalue weighted by Gasteiger charge is -2.34. The van der Waals surface area contributed by atoms with Gasteiger partial charge in [0, 0.05) is 0 Å². The van der Waals surface area contributed by atoms with Crippen LogP contribution >= 0.6 is 0 Å². The van der Waals surface area contributed by atoms with Crippen molar-refractivity contribution in [3.63, 3.8) is 0 Å². The van der Waals surface area contributed by atoms with E-state index in [9.17, 15) is 9.90 Å². The van der Waals surface area contributed by atoms with Gasteiger partial charge in [0.05, 0.1) is 20.1 Å². The summed E-state index contributed by atoms with van der Waals surface area (Å²) in [6, 6.07) is 5.76. The van der Waals surface area contributed by atoms with Crippen LogP contribution < -0.4 is 9.47 Å². The summed E-state index contributed by atoms with van der Waals surface area (Å²) in [5.41, 5.74) is 1.04. The van der Waals surface area contributed by atoms with Crippen molar-refractivity contribution in [2.24, 2.45) is 11.8 Å². The van der Waals surface area contributed by atoms with Gasteiger partial charge in [0.1, 0.15) is 0 Å². The molecule has 0 bridgehead atoms. The first-order valence-electron chi connectivity index (χ1n) is 7.55. The van der Waals surface area contributed by atoms with Gasteiger partial charge in [0.25, 0.3) is 0 Å². The van der Waals surface area contributed by atoms with Crippen LogP contribution in [0.4, 0.5) is 0 Å². The molecule has 0 spiro atoms. The maximum absolute atomic E-state index is 11.6. The first-order chi connectivity index (χ1) is 10.1. The van der Waals surface area contributed by atoms with Crippen LogP contribution in [-0.2, 0) is 4.79 Å². The molecule has 1 aliphatic rings. The fraction of sp³-hybridized carbons (Fsp3) is 0.588. The topological polar surface area (TPSA) is 55.8 Å². The highest BCUT2D eigenvalue weighted by Gasteiger charge is 2.35. The zero-order chi connectivity index (χ0) is 15.4. The predicted molar refractivity (Wildman–Crippen MR) is 81.0 cm³/mol. The van der Waals surface area contributed by atoms with E-state index in [1.54, 1.807) is 14.2 Å². The van der Waals surface area contributed by atoms with Crippen molar-refractivity contribution >= 4 is 5.97 Å². The molecule has 4 nitrogen and oxygen atoms in total. The summed E-state index contributed by atoms with van der Waals surface area (Å²) in [5, 5.41) is 9.50. The molecule has 0 heterocycles. The molecular weight excluding hydrogens is 268 g/mol. The van der Waals surface area contributed by atoms with Gasteiger partial charge in [-0.3, -0.25) is 4.79 Å². The average molecular weight is 292 g/mol. The van der Waals surface area contributed by atoms with E-state index in [-0.39, 0.29) is 11.8 Å². The molecule has 116 valence electrons. The van der Waals surface area contributed by atoms with E-state index in [1.165, 1.54) is 0 Å². The monoisotopic (exact) mass is 292 g/mol. The molecule has 1 aromatic rings. The van der Waals surface area contributed by atoms with E-state index in [0.29, 0.717) is 17.4 Å². The van der Waals surface area contributed by atoms with Gasteiger partial charge < -0.3 is 14.6 Å². The molecule has 0 saturated heterocycles. The van der Waals surface area contributed by atoms with Crippen LogP contribution in [0, 0.1) is 11.8 Å². The van der Waals surface area contributed by atoms with Gasteiger partial charge in [-0.25, -0.2) is 0 Å². The molecule has 0 aromatic heterocycles. The Labute approximate surface area is 126 Å². The summed E-state index contributed by atoms with van der Waals surface area (Å²) in [6.45, 7) is 2.18. The molecule has 1 N–H and O–H groups in total. The summed E-state index contributed by atoms with van der Waals surface area (Å²) in [5.74, 6) is 1.02. The summed E-state index contributed by atoms with van der Waals surface area (Å²) in [6.07, 6.45) is 3.81. The van der Waals surface area contributed by atoms with Crippen LogP contribution in [-0.4, -0.2) is 25.3 Å². The first-order valence-corrected chi connectivity index (χ1v) is 7.55. The van der Waals surface area contributed by atoms with Gasteiger partial charge in [-0.1, -0.05) is 19.4 Å². The number of aliphatic carboxylic acids is 1. The lowest BCUT2D eigenvalue weighted by molar-refractivity contribution is -0.143. The number of hydrogen-bond donors (Lipinski definition) is 1. The summed E-state index contributed by atoms with van der Waals surface area (Å²) in [4.78, 5) is 11.6. The maximum Gasteiger partial charge on any atom is 0.307 e. The Morgan fingerprint density at radius 1 is 1.24 bits per heavy atom. The molecule has 2 rings (SSSR count). The van der Waals surface area contributed by atoms with Gasteiger partial charge in [-0.05, 0) is 48.8 Å². The molecule has 3 atom stereocenters. The van der Waals surface area contributed by atoms with Gasteiger partial charge in [0.2, 0.25) is 0 Å². The van der Waals surface area contributed by atoms with E-state index < -0.39 is 5.97 Å².